The third kappa shape index (κ3) is 4.15. The highest BCUT2D eigenvalue weighted by molar-refractivity contribution is 5.96. The zero-order valence-electron chi connectivity index (χ0n) is 14.5. The number of carbonyl (C=O) groups excluding carboxylic acids is 2. The first-order chi connectivity index (χ1) is 11.6. The number of anilines is 1. The van der Waals surface area contributed by atoms with Gasteiger partial charge in [-0.1, -0.05) is 18.6 Å². The summed E-state index contributed by atoms with van der Waals surface area (Å²) in [5, 5.41) is 2.93. The van der Waals surface area contributed by atoms with Gasteiger partial charge in [-0.15, -0.1) is 0 Å². The van der Waals surface area contributed by atoms with Gasteiger partial charge in [0.25, 0.3) is 0 Å². The van der Waals surface area contributed by atoms with Crippen molar-refractivity contribution in [1.29, 1.82) is 0 Å². The molecule has 0 spiro atoms. The monoisotopic (exact) mass is 330 g/mol. The number of amides is 2. The molecule has 5 heteroatoms. The van der Waals surface area contributed by atoms with E-state index in [1.165, 1.54) is 39.0 Å². The molecule has 1 saturated carbocycles. The number of quaternary nitrogens is 1. The highest BCUT2D eigenvalue weighted by Gasteiger charge is 2.30. The van der Waals surface area contributed by atoms with Crippen molar-refractivity contribution in [3.63, 3.8) is 0 Å². The molecule has 1 aliphatic carbocycles. The predicted molar refractivity (Wildman–Crippen MR) is 94.6 cm³/mol. The van der Waals surface area contributed by atoms with Crippen LogP contribution in [0.25, 0.3) is 0 Å². The van der Waals surface area contributed by atoms with E-state index in [0.29, 0.717) is 11.3 Å². The molecule has 130 valence electrons. The third-order valence-electron chi connectivity index (χ3n) is 5.40. The summed E-state index contributed by atoms with van der Waals surface area (Å²) in [5.74, 6) is 0.01000. The molecule has 0 unspecified atom stereocenters. The zero-order valence-corrected chi connectivity index (χ0v) is 14.5. The van der Waals surface area contributed by atoms with Crippen molar-refractivity contribution in [3.8, 4) is 0 Å². The number of Topliss-reactive ketones (excluding diaryl/α,β-unsaturated/α-hetero) is 1. The number of nitrogens with zero attached hydrogens (tertiary/aromatic N) is 1. The number of carbonyl (C=O) groups is 2. The molecule has 2 amide bonds. The van der Waals surface area contributed by atoms with Crippen molar-refractivity contribution in [1.82, 2.24) is 4.90 Å². The molecule has 1 aromatic carbocycles. The van der Waals surface area contributed by atoms with Crippen LogP contribution in [0.1, 0.15) is 49.4 Å². The summed E-state index contributed by atoms with van der Waals surface area (Å²) < 4.78 is 0. The number of piperazine rings is 1. The minimum atomic E-state index is -0.0570. The van der Waals surface area contributed by atoms with Gasteiger partial charge in [-0.05, 0) is 44.7 Å². The zero-order chi connectivity index (χ0) is 16.9. The summed E-state index contributed by atoms with van der Waals surface area (Å²) >= 11 is 0. The molecule has 24 heavy (non-hydrogen) atoms. The number of hydrogen-bond acceptors (Lipinski definition) is 2. The number of rotatable bonds is 3. The Labute approximate surface area is 144 Å². The van der Waals surface area contributed by atoms with Crippen LogP contribution in [-0.2, 0) is 0 Å². The van der Waals surface area contributed by atoms with Gasteiger partial charge >= 0.3 is 6.03 Å². The quantitative estimate of drug-likeness (QED) is 0.833. The highest BCUT2D eigenvalue weighted by Crippen LogP contribution is 2.16. The number of ketones is 1. The molecule has 5 nitrogen and oxygen atoms in total. The first kappa shape index (κ1) is 17.0. The molecular weight excluding hydrogens is 302 g/mol. The molecular formula is C19H28N3O2+. The second-order valence-electron chi connectivity index (χ2n) is 7.05. The first-order valence-electron chi connectivity index (χ1n) is 9.15. The Kier molecular flexibility index (Phi) is 5.51. The first-order valence-corrected chi connectivity index (χ1v) is 9.15. The van der Waals surface area contributed by atoms with Crippen LogP contribution in [0.4, 0.5) is 10.5 Å². The summed E-state index contributed by atoms with van der Waals surface area (Å²) in [4.78, 5) is 27.5. The van der Waals surface area contributed by atoms with Crippen molar-refractivity contribution in [2.24, 2.45) is 0 Å². The van der Waals surface area contributed by atoms with Gasteiger partial charge in [0.15, 0.2) is 5.78 Å². The van der Waals surface area contributed by atoms with Crippen LogP contribution in [0, 0.1) is 0 Å². The van der Waals surface area contributed by atoms with Gasteiger partial charge in [0, 0.05) is 11.3 Å². The molecule has 2 fully saturated rings. The number of urea groups is 1. The van der Waals surface area contributed by atoms with Gasteiger partial charge in [-0.25, -0.2) is 4.79 Å². The second kappa shape index (κ2) is 7.79. The van der Waals surface area contributed by atoms with Crippen LogP contribution in [0.5, 0.6) is 0 Å². The van der Waals surface area contributed by atoms with Gasteiger partial charge < -0.3 is 15.1 Å². The van der Waals surface area contributed by atoms with Crippen LogP contribution in [0.15, 0.2) is 24.3 Å². The molecule has 0 bridgehead atoms. The normalized spacial score (nSPS) is 20.0. The Balaban J connectivity index is 1.51. The minimum absolute atomic E-state index is 0.01000. The van der Waals surface area contributed by atoms with Gasteiger partial charge in [0.2, 0.25) is 0 Å². The van der Waals surface area contributed by atoms with E-state index in [0.717, 1.165) is 32.2 Å². The molecule has 1 heterocycles. The van der Waals surface area contributed by atoms with Crippen LogP contribution < -0.4 is 10.2 Å². The van der Waals surface area contributed by atoms with Crippen LogP contribution in [0.3, 0.4) is 0 Å². The smallest absolute Gasteiger partial charge is 0.322 e. The lowest BCUT2D eigenvalue weighted by atomic mass is 9.94. The van der Waals surface area contributed by atoms with Crippen molar-refractivity contribution >= 4 is 17.5 Å². The lowest BCUT2D eigenvalue weighted by molar-refractivity contribution is -0.930. The van der Waals surface area contributed by atoms with Crippen molar-refractivity contribution in [3.05, 3.63) is 29.8 Å². The highest BCUT2D eigenvalue weighted by atomic mass is 16.2. The topological polar surface area (TPSA) is 53.9 Å². The van der Waals surface area contributed by atoms with Gasteiger partial charge in [0.05, 0.1) is 32.2 Å². The Morgan fingerprint density at radius 1 is 1.12 bits per heavy atom. The summed E-state index contributed by atoms with van der Waals surface area (Å²) in [5.41, 5.74) is 1.31. The van der Waals surface area contributed by atoms with E-state index in [4.69, 9.17) is 0 Å². The van der Waals surface area contributed by atoms with Gasteiger partial charge in [-0.3, -0.25) is 4.79 Å². The average molecular weight is 330 g/mol. The SMILES string of the molecule is CC(=O)c1cccc(NC(=O)N2CC[NH+](C3CCCCC3)CC2)c1. The maximum absolute atomic E-state index is 12.5. The number of benzene rings is 1. The number of hydrogen-bond donors (Lipinski definition) is 2. The molecule has 1 aliphatic heterocycles. The Morgan fingerprint density at radius 2 is 1.83 bits per heavy atom. The average Bonchev–Trinajstić information content (AvgIpc) is 2.63. The molecule has 2 N–H and O–H groups in total. The number of nitrogens with one attached hydrogen (secondary N) is 2. The Hall–Kier alpha value is -1.88. The van der Waals surface area contributed by atoms with E-state index >= 15 is 0 Å². The lowest BCUT2D eigenvalue weighted by Gasteiger charge is -2.38. The Bertz CT molecular complexity index is 588. The van der Waals surface area contributed by atoms with E-state index in [2.05, 4.69) is 5.32 Å². The van der Waals surface area contributed by atoms with Gasteiger partial charge in [0.1, 0.15) is 0 Å². The van der Waals surface area contributed by atoms with E-state index in [-0.39, 0.29) is 11.8 Å². The largest absolute Gasteiger partial charge is 0.330 e. The van der Waals surface area contributed by atoms with Crippen LogP contribution in [0.2, 0.25) is 0 Å². The van der Waals surface area contributed by atoms with Gasteiger partial charge in [-0.2, -0.15) is 0 Å². The molecule has 0 aromatic heterocycles. The second-order valence-corrected chi connectivity index (χ2v) is 7.05. The van der Waals surface area contributed by atoms with Crippen LogP contribution in [-0.4, -0.2) is 48.9 Å². The fourth-order valence-electron chi connectivity index (χ4n) is 3.93. The summed E-state index contributed by atoms with van der Waals surface area (Å²) in [7, 11) is 0. The van der Waals surface area contributed by atoms with E-state index < -0.39 is 0 Å². The molecule has 0 atom stereocenters. The van der Waals surface area contributed by atoms with Crippen molar-refractivity contribution < 1.29 is 14.5 Å². The Morgan fingerprint density at radius 3 is 2.50 bits per heavy atom. The standard InChI is InChI=1S/C19H27N3O2/c1-15(23)16-6-5-7-17(14-16)20-19(24)22-12-10-21(11-13-22)18-8-3-2-4-9-18/h5-7,14,18H,2-4,8-13H2,1H3,(H,20,24)/p+1. The molecule has 2 aliphatic rings. The fourth-order valence-corrected chi connectivity index (χ4v) is 3.93. The van der Waals surface area contributed by atoms with E-state index in [1.807, 2.05) is 11.0 Å². The van der Waals surface area contributed by atoms with Crippen molar-refractivity contribution in [2.75, 3.05) is 31.5 Å². The summed E-state index contributed by atoms with van der Waals surface area (Å²) in [6.45, 7) is 5.25. The third-order valence-corrected chi connectivity index (χ3v) is 5.40. The molecule has 1 aromatic rings. The van der Waals surface area contributed by atoms with E-state index in [9.17, 15) is 9.59 Å². The lowest BCUT2D eigenvalue weighted by Crippen LogP contribution is -3.18. The summed E-state index contributed by atoms with van der Waals surface area (Å²) in [6, 6.07) is 7.88. The fraction of sp³-hybridized carbons (Fsp3) is 0.579. The maximum atomic E-state index is 12.5. The molecule has 0 radical (unpaired) electrons. The predicted octanol–water partition coefficient (Wildman–Crippen LogP) is 1.95. The molecule has 3 rings (SSSR count). The maximum Gasteiger partial charge on any atom is 0.322 e. The minimum Gasteiger partial charge on any atom is -0.330 e. The molecule has 1 saturated heterocycles. The van der Waals surface area contributed by atoms with Crippen molar-refractivity contribution in [2.45, 2.75) is 45.1 Å². The summed E-state index contributed by atoms with van der Waals surface area (Å²) in [6.07, 6.45) is 6.81. The van der Waals surface area contributed by atoms with Crippen LogP contribution >= 0.6 is 0 Å². The van der Waals surface area contributed by atoms with E-state index in [1.54, 1.807) is 23.1 Å².